The molecule has 2 nitrogen and oxygen atoms in total. The zero-order valence-electron chi connectivity index (χ0n) is 13.4. The molecule has 0 aliphatic carbocycles. The first-order valence-electron chi connectivity index (χ1n) is 8.63. The van der Waals surface area contributed by atoms with Gasteiger partial charge in [-0.2, -0.15) is 0 Å². The average molecular weight is 298 g/mol. The SMILES string of the molecule is O=C1OCCCCCCCCCCCC#Cc2ccccc21. The zero-order chi connectivity index (χ0) is 15.5. The number of benzene rings is 1. The van der Waals surface area contributed by atoms with E-state index in [-0.39, 0.29) is 5.97 Å². The Morgan fingerprint density at radius 1 is 0.818 bits per heavy atom. The van der Waals surface area contributed by atoms with E-state index in [2.05, 4.69) is 11.8 Å². The first-order valence-corrected chi connectivity index (χ1v) is 8.63. The van der Waals surface area contributed by atoms with E-state index in [4.69, 9.17) is 4.74 Å². The topological polar surface area (TPSA) is 26.3 Å². The van der Waals surface area contributed by atoms with E-state index in [0.717, 1.165) is 31.2 Å². The van der Waals surface area contributed by atoms with Gasteiger partial charge in [-0.05, 0) is 25.0 Å². The molecule has 1 aromatic carbocycles. The Kier molecular flexibility index (Phi) is 7.60. The van der Waals surface area contributed by atoms with Crippen LogP contribution in [0.1, 0.15) is 80.1 Å². The minimum atomic E-state index is -0.241. The van der Waals surface area contributed by atoms with Crippen LogP contribution in [0.15, 0.2) is 24.3 Å². The first kappa shape index (κ1) is 16.6. The molecule has 0 fully saturated rings. The fourth-order valence-corrected chi connectivity index (χ4v) is 2.72. The molecule has 0 radical (unpaired) electrons. The summed E-state index contributed by atoms with van der Waals surface area (Å²) in [6, 6.07) is 7.49. The van der Waals surface area contributed by atoms with Gasteiger partial charge in [0.1, 0.15) is 0 Å². The molecule has 1 aromatic rings. The normalized spacial score (nSPS) is 18.3. The Morgan fingerprint density at radius 2 is 1.45 bits per heavy atom. The predicted octanol–water partition coefficient (Wildman–Crippen LogP) is 5.11. The number of hydrogen-bond donors (Lipinski definition) is 0. The van der Waals surface area contributed by atoms with Gasteiger partial charge < -0.3 is 4.74 Å². The van der Waals surface area contributed by atoms with Gasteiger partial charge in [-0.1, -0.05) is 68.9 Å². The summed E-state index contributed by atoms with van der Waals surface area (Å²) in [6.45, 7) is 0.514. The van der Waals surface area contributed by atoms with Crippen molar-refractivity contribution in [2.24, 2.45) is 0 Å². The Bertz CT molecular complexity index is 522. The highest BCUT2D eigenvalue weighted by molar-refractivity contribution is 5.92. The maximum absolute atomic E-state index is 12.2. The number of fused-ring (bicyclic) bond motifs is 1. The van der Waals surface area contributed by atoms with Gasteiger partial charge in [0.15, 0.2) is 0 Å². The molecule has 0 saturated carbocycles. The first-order chi connectivity index (χ1) is 10.9. The summed E-state index contributed by atoms with van der Waals surface area (Å²) in [5, 5.41) is 0. The number of cyclic esters (lactones) is 1. The van der Waals surface area contributed by atoms with Crippen molar-refractivity contribution >= 4 is 5.97 Å². The summed E-state index contributed by atoms with van der Waals surface area (Å²) in [6.07, 6.45) is 12.0. The van der Waals surface area contributed by atoms with Gasteiger partial charge in [0.2, 0.25) is 0 Å². The number of rotatable bonds is 0. The molecule has 1 heterocycles. The van der Waals surface area contributed by atoms with Crippen molar-refractivity contribution < 1.29 is 9.53 Å². The molecule has 0 spiro atoms. The smallest absolute Gasteiger partial charge is 0.339 e. The molecule has 0 unspecified atom stereocenters. The third-order valence-electron chi connectivity index (χ3n) is 4.05. The van der Waals surface area contributed by atoms with Crippen LogP contribution in [0.2, 0.25) is 0 Å². The number of hydrogen-bond acceptors (Lipinski definition) is 2. The Morgan fingerprint density at radius 3 is 2.23 bits per heavy atom. The van der Waals surface area contributed by atoms with Gasteiger partial charge >= 0.3 is 5.97 Å². The van der Waals surface area contributed by atoms with Gasteiger partial charge in [0.05, 0.1) is 12.2 Å². The fraction of sp³-hybridized carbons (Fsp3) is 0.550. The van der Waals surface area contributed by atoms with Crippen LogP contribution in [0, 0.1) is 11.8 Å². The van der Waals surface area contributed by atoms with Crippen molar-refractivity contribution in [2.75, 3.05) is 6.61 Å². The van der Waals surface area contributed by atoms with Crippen LogP contribution in [-0.2, 0) is 4.74 Å². The van der Waals surface area contributed by atoms with E-state index in [9.17, 15) is 4.79 Å². The second kappa shape index (κ2) is 10.1. The molecular weight excluding hydrogens is 272 g/mol. The van der Waals surface area contributed by atoms with Crippen molar-refractivity contribution in [1.82, 2.24) is 0 Å². The monoisotopic (exact) mass is 298 g/mol. The van der Waals surface area contributed by atoms with E-state index in [0.29, 0.717) is 12.2 Å². The molecule has 22 heavy (non-hydrogen) atoms. The highest BCUT2D eigenvalue weighted by atomic mass is 16.5. The second-order valence-electron chi connectivity index (χ2n) is 5.92. The third-order valence-corrected chi connectivity index (χ3v) is 4.05. The molecule has 0 atom stereocenters. The van der Waals surface area contributed by atoms with E-state index >= 15 is 0 Å². The number of ether oxygens (including phenoxy) is 1. The summed E-state index contributed by atoms with van der Waals surface area (Å²) in [5.74, 6) is 6.09. The highest BCUT2D eigenvalue weighted by Crippen LogP contribution is 2.13. The summed E-state index contributed by atoms with van der Waals surface area (Å²) < 4.78 is 5.39. The number of carbonyl (C=O) groups is 1. The molecule has 2 heteroatoms. The molecule has 118 valence electrons. The minimum absolute atomic E-state index is 0.241. The van der Waals surface area contributed by atoms with Crippen molar-refractivity contribution in [2.45, 2.75) is 64.2 Å². The van der Waals surface area contributed by atoms with Gasteiger partial charge in [-0.15, -0.1) is 0 Å². The lowest BCUT2D eigenvalue weighted by atomic mass is 10.1. The maximum Gasteiger partial charge on any atom is 0.339 e. The van der Waals surface area contributed by atoms with Crippen molar-refractivity contribution in [3.8, 4) is 11.8 Å². The molecule has 1 aliphatic heterocycles. The average Bonchev–Trinajstić information content (AvgIpc) is 2.55. The summed E-state index contributed by atoms with van der Waals surface area (Å²) in [5.41, 5.74) is 1.39. The third kappa shape index (κ3) is 5.93. The molecule has 0 N–H and O–H groups in total. The predicted molar refractivity (Wildman–Crippen MR) is 89.8 cm³/mol. The minimum Gasteiger partial charge on any atom is -0.462 e. The maximum atomic E-state index is 12.2. The Hall–Kier alpha value is -1.75. The van der Waals surface area contributed by atoms with Crippen LogP contribution in [0.4, 0.5) is 0 Å². The summed E-state index contributed by atoms with van der Waals surface area (Å²) >= 11 is 0. The highest BCUT2D eigenvalue weighted by Gasteiger charge is 2.10. The summed E-state index contributed by atoms with van der Waals surface area (Å²) in [4.78, 5) is 12.2. The second-order valence-corrected chi connectivity index (χ2v) is 5.92. The largest absolute Gasteiger partial charge is 0.462 e. The number of esters is 1. The van der Waals surface area contributed by atoms with Crippen molar-refractivity contribution in [1.29, 1.82) is 0 Å². The van der Waals surface area contributed by atoms with Gasteiger partial charge in [-0.3, -0.25) is 0 Å². The van der Waals surface area contributed by atoms with Crippen LogP contribution >= 0.6 is 0 Å². The lowest BCUT2D eigenvalue weighted by Gasteiger charge is -2.06. The van der Waals surface area contributed by atoms with Crippen LogP contribution in [0.3, 0.4) is 0 Å². The molecule has 0 aromatic heterocycles. The number of carbonyl (C=O) groups excluding carboxylic acids is 1. The summed E-state index contributed by atoms with van der Waals surface area (Å²) in [7, 11) is 0. The molecule has 0 bridgehead atoms. The van der Waals surface area contributed by atoms with E-state index in [1.807, 2.05) is 18.2 Å². The molecule has 1 aliphatic rings. The van der Waals surface area contributed by atoms with E-state index < -0.39 is 0 Å². The van der Waals surface area contributed by atoms with Gasteiger partial charge in [0, 0.05) is 12.0 Å². The molecule has 0 saturated heterocycles. The fourth-order valence-electron chi connectivity index (χ4n) is 2.72. The van der Waals surface area contributed by atoms with Crippen LogP contribution in [0.5, 0.6) is 0 Å². The van der Waals surface area contributed by atoms with Crippen molar-refractivity contribution in [3.05, 3.63) is 35.4 Å². The zero-order valence-corrected chi connectivity index (χ0v) is 13.4. The van der Waals surface area contributed by atoms with Crippen LogP contribution in [0.25, 0.3) is 0 Å². The van der Waals surface area contributed by atoms with Crippen LogP contribution < -0.4 is 0 Å². The lowest BCUT2D eigenvalue weighted by Crippen LogP contribution is -2.08. The standard InChI is InChI=1S/C20H26O2/c21-20-19-16-12-11-15-18(19)14-10-8-6-4-2-1-3-5-7-9-13-17-22-20/h11-12,15-16H,1-9,13,17H2. The van der Waals surface area contributed by atoms with E-state index in [1.165, 1.54) is 38.5 Å². The molecular formula is C20H26O2. The molecule has 2 rings (SSSR count). The Labute approximate surface area is 134 Å². The van der Waals surface area contributed by atoms with Gasteiger partial charge in [0.25, 0.3) is 0 Å². The lowest BCUT2D eigenvalue weighted by molar-refractivity contribution is 0.0497. The van der Waals surface area contributed by atoms with Crippen molar-refractivity contribution in [3.63, 3.8) is 0 Å². The quantitative estimate of drug-likeness (QED) is 0.491. The van der Waals surface area contributed by atoms with E-state index in [1.54, 1.807) is 6.07 Å². The Balaban J connectivity index is 2.01. The van der Waals surface area contributed by atoms with Crippen LogP contribution in [-0.4, -0.2) is 12.6 Å². The van der Waals surface area contributed by atoms with Gasteiger partial charge in [-0.25, -0.2) is 4.79 Å². The molecule has 0 amide bonds.